The third-order valence-corrected chi connectivity index (χ3v) is 5.96. The van der Waals surface area contributed by atoms with Crippen LogP contribution >= 0.6 is 11.3 Å². The summed E-state index contributed by atoms with van der Waals surface area (Å²) in [5, 5.41) is 13.3. The van der Waals surface area contributed by atoms with Gasteiger partial charge in [-0.05, 0) is 31.5 Å². The highest BCUT2D eigenvalue weighted by Gasteiger charge is 2.36. The lowest BCUT2D eigenvalue weighted by molar-refractivity contribution is -0.140. The van der Waals surface area contributed by atoms with Crippen LogP contribution in [0.25, 0.3) is 10.4 Å². The summed E-state index contributed by atoms with van der Waals surface area (Å²) in [5.74, 6) is -1.25. The largest absolute Gasteiger partial charge is 0.480 e. The van der Waals surface area contributed by atoms with E-state index in [4.69, 9.17) is 5.11 Å². The lowest BCUT2D eigenvalue weighted by Crippen LogP contribution is -2.40. The Hall–Kier alpha value is -2.67. The molecule has 8 nitrogen and oxygen atoms in total. The molecular formula is C16H16F3N3O5S2. The number of alkyl halides is 3. The van der Waals surface area contributed by atoms with E-state index in [9.17, 15) is 31.2 Å². The maximum Gasteiger partial charge on any atom is 0.417 e. The summed E-state index contributed by atoms with van der Waals surface area (Å²) in [7, 11) is -4.10. The van der Waals surface area contributed by atoms with Crippen LogP contribution in [0.5, 0.6) is 0 Å². The molecule has 0 bridgehead atoms. The van der Waals surface area contributed by atoms with Crippen molar-refractivity contribution in [3.05, 3.63) is 29.5 Å². The standard InChI is InChI=1S/C16H16F3N3O5S2/c1-7-12(28-15(21-7)22-14(25)20-8(2)13(23)24)9-4-5-11(29(3,26)27)10(6-9)16(17,18)19/h4-6,8H,1-3H3,(H,23,24)(H2,20,21,22,25)/t8-/m0/s1. The van der Waals surface area contributed by atoms with Gasteiger partial charge in [0.2, 0.25) is 0 Å². The van der Waals surface area contributed by atoms with Crippen LogP contribution in [0.4, 0.5) is 23.1 Å². The number of sulfone groups is 1. The fraction of sp³-hybridized carbons (Fsp3) is 0.312. The molecule has 1 aromatic carbocycles. The number of aromatic nitrogens is 1. The van der Waals surface area contributed by atoms with Crippen LogP contribution in [-0.2, 0) is 20.8 Å². The maximum absolute atomic E-state index is 13.3. The Kier molecular flexibility index (Phi) is 6.23. The summed E-state index contributed by atoms with van der Waals surface area (Å²) >= 11 is 0.862. The molecule has 1 atom stereocenters. The fourth-order valence-electron chi connectivity index (χ4n) is 2.33. The molecule has 0 aliphatic heterocycles. The van der Waals surface area contributed by atoms with Gasteiger partial charge in [0, 0.05) is 6.26 Å². The quantitative estimate of drug-likeness (QED) is 0.641. The van der Waals surface area contributed by atoms with Crippen LogP contribution in [0.15, 0.2) is 23.1 Å². The number of carboxylic acids is 1. The highest BCUT2D eigenvalue weighted by molar-refractivity contribution is 7.90. The normalized spacial score (nSPS) is 13.0. The molecule has 0 spiro atoms. The number of aliphatic carboxylic acids is 1. The van der Waals surface area contributed by atoms with Crippen LogP contribution in [-0.4, -0.2) is 42.8 Å². The minimum absolute atomic E-state index is 0.0355. The Balaban J connectivity index is 2.39. The first-order chi connectivity index (χ1) is 13.2. The first kappa shape index (κ1) is 22.6. The summed E-state index contributed by atoms with van der Waals surface area (Å²) in [5.41, 5.74) is -0.920. The van der Waals surface area contributed by atoms with Crippen molar-refractivity contribution in [1.29, 1.82) is 0 Å². The van der Waals surface area contributed by atoms with Gasteiger partial charge in [-0.3, -0.25) is 10.1 Å². The number of hydrogen-bond donors (Lipinski definition) is 3. The summed E-state index contributed by atoms with van der Waals surface area (Å²) in [4.78, 5) is 26.0. The first-order valence-electron chi connectivity index (χ1n) is 7.89. The molecule has 13 heteroatoms. The molecule has 0 aliphatic rings. The highest BCUT2D eigenvalue weighted by atomic mass is 32.2. The van der Waals surface area contributed by atoms with Crippen molar-refractivity contribution >= 4 is 38.3 Å². The van der Waals surface area contributed by atoms with Crippen molar-refractivity contribution in [3.8, 4) is 10.4 Å². The van der Waals surface area contributed by atoms with E-state index < -0.39 is 44.5 Å². The molecule has 1 heterocycles. The van der Waals surface area contributed by atoms with Gasteiger partial charge in [0.1, 0.15) is 6.04 Å². The Labute approximate surface area is 167 Å². The number of nitrogens with zero attached hydrogens (tertiary/aromatic N) is 1. The molecule has 3 N–H and O–H groups in total. The molecule has 0 aliphatic carbocycles. The van der Waals surface area contributed by atoms with Gasteiger partial charge in [-0.2, -0.15) is 13.2 Å². The molecule has 0 saturated heterocycles. The number of nitrogens with one attached hydrogen (secondary N) is 2. The summed E-state index contributed by atoms with van der Waals surface area (Å²) in [6, 6.07) is 0.813. The van der Waals surface area contributed by atoms with E-state index in [1.807, 2.05) is 0 Å². The minimum Gasteiger partial charge on any atom is -0.480 e. The van der Waals surface area contributed by atoms with Gasteiger partial charge in [-0.15, -0.1) is 0 Å². The summed E-state index contributed by atoms with van der Waals surface area (Å²) in [6.45, 7) is 2.76. The average Bonchev–Trinajstić information content (AvgIpc) is 2.92. The molecule has 1 aromatic heterocycles. The zero-order valence-electron chi connectivity index (χ0n) is 15.3. The molecule has 158 valence electrons. The Bertz CT molecular complexity index is 1060. The molecule has 2 aromatic rings. The van der Waals surface area contributed by atoms with E-state index in [0.717, 1.165) is 17.4 Å². The average molecular weight is 451 g/mol. The zero-order valence-corrected chi connectivity index (χ0v) is 16.9. The predicted octanol–water partition coefficient (Wildman–Crippen LogP) is 3.14. The van der Waals surface area contributed by atoms with E-state index >= 15 is 0 Å². The van der Waals surface area contributed by atoms with Crippen molar-refractivity contribution in [2.24, 2.45) is 0 Å². The maximum atomic E-state index is 13.3. The number of carboxylic acid groups (broad SMARTS) is 1. The number of aryl methyl sites for hydroxylation is 1. The summed E-state index contributed by atoms with van der Waals surface area (Å²) < 4.78 is 63.4. The smallest absolute Gasteiger partial charge is 0.417 e. The number of anilines is 1. The van der Waals surface area contributed by atoms with Gasteiger partial charge in [-0.25, -0.2) is 18.2 Å². The molecule has 29 heavy (non-hydrogen) atoms. The van der Waals surface area contributed by atoms with Crippen LogP contribution in [0.1, 0.15) is 18.2 Å². The second-order valence-electron chi connectivity index (χ2n) is 6.07. The molecule has 2 amide bonds. The van der Waals surface area contributed by atoms with Crippen LogP contribution < -0.4 is 10.6 Å². The van der Waals surface area contributed by atoms with Crippen LogP contribution in [0, 0.1) is 6.92 Å². The number of benzene rings is 1. The SMILES string of the molecule is Cc1nc(NC(=O)N[C@@H](C)C(=O)O)sc1-c1ccc(S(C)(=O)=O)c(C(F)(F)F)c1. The van der Waals surface area contributed by atoms with E-state index in [0.29, 0.717) is 18.0 Å². The Morgan fingerprint density at radius 1 is 1.28 bits per heavy atom. The molecule has 0 saturated carbocycles. The molecule has 0 fully saturated rings. The second kappa shape index (κ2) is 7.99. The molecule has 0 radical (unpaired) electrons. The van der Waals surface area contributed by atoms with Crippen molar-refractivity contribution in [3.63, 3.8) is 0 Å². The fourth-order valence-corrected chi connectivity index (χ4v) is 4.17. The number of carbonyl (C=O) groups is 2. The number of rotatable bonds is 5. The molecule has 0 unspecified atom stereocenters. The Morgan fingerprint density at radius 3 is 2.41 bits per heavy atom. The predicted molar refractivity (Wildman–Crippen MR) is 99.7 cm³/mol. The van der Waals surface area contributed by atoms with E-state index in [-0.39, 0.29) is 15.6 Å². The number of carbonyl (C=O) groups excluding carboxylic acids is 1. The first-order valence-corrected chi connectivity index (χ1v) is 10.6. The number of urea groups is 1. The van der Waals surface area contributed by atoms with Gasteiger partial charge >= 0.3 is 18.2 Å². The van der Waals surface area contributed by atoms with E-state index in [1.165, 1.54) is 19.9 Å². The van der Waals surface area contributed by atoms with Crippen molar-refractivity contribution < 1.29 is 36.3 Å². The van der Waals surface area contributed by atoms with Crippen molar-refractivity contribution in [2.45, 2.75) is 31.0 Å². The van der Waals surface area contributed by atoms with Crippen molar-refractivity contribution in [1.82, 2.24) is 10.3 Å². The lowest BCUT2D eigenvalue weighted by atomic mass is 10.1. The zero-order chi connectivity index (χ0) is 22.1. The number of hydrogen-bond acceptors (Lipinski definition) is 6. The lowest BCUT2D eigenvalue weighted by Gasteiger charge is -2.13. The van der Waals surface area contributed by atoms with Gasteiger partial charge in [0.15, 0.2) is 15.0 Å². The van der Waals surface area contributed by atoms with Gasteiger partial charge in [0.05, 0.1) is 21.0 Å². The topological polar surface area (TPSA) is 125 Å². The number of thiazole rings is 1. The van der Waals surface area contributed by atoms with Crippen molar-refractivity contribution in [2.75, 3.05) is 11.6 Å². The van der Waals surface area contributed by atoms with E-state index in [1.54, 1.807) is 0 Å². The van der Waals surface area contributed by atoms with Crippen LogP contribution in [0.2, 0.25) is 0 Å². The third-order valence-electron chi connectivity index (χ3n) is 3.68. The second-order valence-corrected chi connectivity index (χ2v) is 9.06. The highest BCUT2D eigenvalue weighted by Crippen LogP contribution is 2.39. The number of amides is 2. The van der Waals surface area contributed by atoms with Gasteiger partial charge in [-0.1, -0.05) is 17.4 Å². The molecule has 2 rings (SSSR count). The third kappa shape index (κ3) is 5.44. The monoisotopic (exact) mass is 451 g/mol. The summed E-state index contributed by atoms with van der Waals surface area (Å²) in [6.07, 6.45) is -4.20. The number of halogens is 3. The van der Waals surface area contributed by atoms with Crippen LogP contribution in [0.3, 0.4) is 0 Å². The Morgan fingerprint density at radius 2 is 1.90 bits per heavy atom. The molecular weight excluding hydrogens is 435 g/mol. The van der Waals surface area contributed by atoms with E-state index in [2.05, 4.69) is 15.6 Å². The van der Waals surface area contributed by atoms with Gasteiger partial charge < -0.3 is 10.4 Å². The minimum atomic E-state index is -4.89. The van der Waals surface area contributed by atoms with Gasteiger partial charge in [0.25, 0.3) is 0 Å².